The van der Waals surface area contributed by atoms with Crippen molar-refractivity contribution in [1.82, 2.24) is 4.98 Å². The van der Waals surface area contributed by atoms with E-state index in [1.165, 1.54) is 18.3 Å². The monoisotopic (exact) mass is 291 g/mol. The summed E-state index contributed by atoms with van der Waals surface area (Å²) in [4.78, 5) is 35.9. The molecule has 2 aromatic rings. The van der Waals surface area contributed by atoms with E-state index in [9.17, 15) is 24.1 Å². The molecule has 1 heterocycles. The molecule has 0 fully saturated rings. The van der Waals surface area contributed by atoms with Crippen molar-refractivity contribution in [3.05, 3.63) is 67.9 Å². The Morgan fingerprint density at radius 2 is 2.10 bits per heavy atom. The summed E-state index contributed by atoms with van der Waals surface area (Å²) in [7, 11) is 0. The van der Waals surface area contributed by atoms with Crippen LogP contribution in [-0.2, 0) is 0 Å². The van der Waals surface area contributed by atoms with E-state index in [-0.39, 0.29) is 11.3 Å². The second-order valence-corrected chi connectivity index (χ2v) is 4.27. The molecule has 0 aliphatic heterocycles. The third kappa shape index (κ3) is 3.11. The average molecular weight is 291 g/mol. The van der Waals surface area contributed by atoms with Gasteiger partial charge in [0.1, 0.15) is 5.56 Å². The zero-order valence-corrected chi connectivity index (χ0v) is 10.8. The lowest BCUT2D eigenvalue weighted by molar-refractivity contribution is -0.387. The summed E-state index contributed by atoms with van der Waals surface area (Å²) in [6.07, 6.45) is 1.24. The molecule has 0 atom stereocenters. The SMILES string of the molecule is Cc1cc(=O)c(C(=O)Nc2ccc([N+](=O)[O-])c(F)c2)c[nH]1. The molecule has 2 rings (SSSR count). The van der Waals surface area contributed by atoms with Crippen LogP contribution in [0.4, 0.5) is 15.8 Å². The second kappa shape index (κ2) is 5.53. The van der Waals surface area contributed by atoms with E-state index < -0.39 is 27.8 Å². The van der Waals surface area contributed by atoms with Gasteiger partial charge in [0.05, 0.1) is 4.92 Å². The maximum Gasteiger partial charge on any atom is 0.304 e. The van der Waals surface area contributed by atoms with E-state index in [1.807, 2.05) is 0 Å². The number of aromatic nitrogens is 1. The standard InChI is InChI=1S/C13H10FN3O4/c1-7-4-12(18)9(6-15-7)13(19)16-8-2-3-11(17(20)21)10(14)5-8/h2-6H,1H3,(H,15,18)(H,16,19). The van der Waals surface area contributed by atoms with Crippen LogP contribution < -0.4 is 10.7 Å². The third-order valence-corrected chi connectivity index (χ3v) is 2.70. The Balaban J connectivity index is 2.26. The Morgan fingerprint density at radius 3 is 2.67 bits per heavy atom. The predicted octanol–water partition coefficient (Wildman–Crippen LogP) is 1.98. The van der Waals surface area contributed by atoms with E-state index in [4.69, 9.17) is 0 Å². The number of nitrogens with one attached hydrogen (secondary N) is 2. The molecule has 1 aromatic heterocycles. The van der Waals surface area contributed by atoms with Crippen LogP contribution in [0.3, 0.4) is 0 Å². The number of hydrogen-bond acceptors (Lipinski definition) is 4. The molecular formula is C13H10FN3O4. The highest BCUT2D eigenvalue weighted by molar-refractivity contribution is 6.04. The van der Waals surface area contributed by atoms with Gasteiger partial charge in [-0.25, -0.2) is 0 Å². The fraction of sp³-hybridized carbons (Fsp3) is 0.0769. The van der Waals surface area contributed by atoms with Crippen LogP contribution >= 0.6 is 0 Å². The largest absolute Gasteiger partial charge is 0.364 e. The second-order valence-electron chi connectivity index (χ2n) is 4.27. The molecule has 21 heavy (non-hydrogen) atoms. The fourth-order valence-corrected chi connectivity index (χ4v) is 1.68. The summed E-state index contributed by atoms with van der Waals surface area (Å²) in [6.45, 7) is 1.66. The number of aryl methyl sites for hydroxylation is 1. The smallest absolute Gasteiger partial charge is 0.304 e. The fourth-order valence-electron chi connectivity index (χ4n) is 1.68. The molecule has 0 bridgehead atoms. The zero-order chi connectivity index (χ0) is 15.6. The summed E-state index contributed by atoms with van der Waals surface area (Å²) < 4.78 is 13.4. The lowest BCUT2D eigenvalue weighted by Gasteiger charge is -2.05. The molecular weight excluding hydrogens is 281 g/mol. The van der Waals surface area contributed by atoms with Crippen LogP contribution in [0.1, 0.15) is 16.1 Å². The third-order valence-electron chi connectivity index (χ3n) is 2.70. The average Bonchev–Trinajstić information content (AvgIpc) is 2.37. The van der Waals surface area contributed by atoms with Crippen molar-refractivity contribution in [1.29, 1.82) is 0 Å². The highest BCUT2D eigenvalue weighted by Crippen LogP contribution is 2.20. The van der Waals surface area contributed by atoms with Gasteiger partial charge in [-0.05, 0) is 13.0 Å². The molecule has 1 aromatic carbocycles. The van der Waals surface area contributed by atoms with E-state index in [0.717, 1.165) is 12.1 Å². The van der Waals surface area contributed by atoms with Crippen molar-refractivity contribution in [2.24, 2.45) is 0 Å². The van der Waals surface area contributed by atoms with E-state index in [1.54, 1.807) is 6.92 Å². The van der Waals surface area contributed by atoms with Gasteiger partial charge in [0.2, 0.25) is 5.82 Å². The Hall–Kier alpha value is -3.03. The number of amides is 1. The summed E-state index contributed by atoms with van der Waals surface area (Å²) in [5.74, 6) is -1.81. The number of pyridine rings is 1. The van der Waals surface area contributed by atoms with Crippen LogP contribution in [0.2, 0.25) is 0 Å². The Morgan fingerprint density at radius 1 is 1.38 bits per heavy atom. The number of hydrogen-bond donors (Lipinski definition) is 2. The van der Waals surface area contributed by atoms with Crippen LogP contribution in [0.5, 0.6) is 0 Å². The molecule has 1 amide bonds. The molecule has 7 nitrogen and oxygen atoms in total. The van der Waals surface area contributed by atoms with Crippen molar-refractivity contribution < 1.29 is 14.1 Å². The van der Waals surface area contributed by atoms with Gasteiger partial charge in [-0.2, -0.15) is 4.39 Å². The van der Waals surface area contributed by atoms with Gasteiger partial charge in [0, 0.05) is 35.8 Å². The van der Waals surface area contributed by atoms with Gasteiger partial charge in [-0.1, -0.05) is 0 Å². The van der Waals surface area contributed by atoms with Crippen molar-refractivity contribution in [2.75, 3.05) is 5.32 Å². The van der Waals surface area contributed by atoms with Crippen LogP contribution in [0.25, 0.3) is 0 Å². The first-order chi connectivity index (χ1) is 9.88. The first kappa shape index (κ1) is 14.4. The molecule has 0 unspecified atom stereocenters. The molecule has 0 radical (unpaired) electrons. The minimum absolute atomic E-state index is 0.0167. The number of benzene rings is 1. The molecule has 8 heteroatoms. The number of nitro groups is 1. The van der Waals surface area contributed by atoms with E-state index >= 15 is 0 Å². The molecule has 0 saturated heterocycles. The summed E-state index contributed by atoms with van der Waals surface area (Å²) in [6, 6.07) is 4.19. The first-order valence-corrected chi connectivity index (χ1v) is 5.83. The van der Waals surface area contributed by atoms with E-state index in [0.29, 0.717) is 5.69 Å². The lowest BCUT2D eigenvalue weighted by Crippen LogP contribution is -2.21. The summed E-state index contributed by atoms with van der Waals surface area (Å²) in [5.41, 5.74) is -0.701. The van der Waals surface area contributed by atoms with Crippen molar-refractivity contribution in [3.63, 3.8) is 0 Å². The Labute approximate surface area is 117 Å². The topological polar surface area (TPSA) is 105 Å². The highest BCUT2D eigenvalue weighted by atomic mass is 19.1. The van der Waals surface area contributed by atoms with Crippen LogP contribution in [0.15, 0.2) is 35.3 Å². The number of carbonyl (C=O) groups excluding carboxylic acids is 1. The number of halogens is 1. The maximum absolute atomic E-state index is 13.4. The van der Waals surface area contributed by atoms with Gasteiger partial charge in [0.15, 0.2) is 5.43 Å². The molecule has 0 spiro atoms. The Bertz CT molecular complexity index is 785. The van der Waals surface area contributed by atoms with Gasteiger partial charge >= 0.3 is 5.69 Å². The predicted molar refractivity (Wildman–Crippen MR) is 72.8 cm³/mol. The van der Waals surface area contributed by atoms with Gasteiger partial charge in [-0.15, -0.1) is 0 Å². The minimum atomic E-state index is -1.07. The lowest BCUT2D eigenvalue weighted by atomic mass is 10.2. The molecule has 0 aliphatic rings. The number of nitro benzene ring substituents is 1. The van der Waals surface area contributed by atoms with Gasteiger partial charge in [-0.3, -0.25) is 19.7 Å². The number of nitrogens with zero attached hydrogens (tertiary/aromatic N) is 1. The van der Waals surface area contributed by atoms with E-state index in [2.05, 4.69) is 10.3 Å². The molecule has 0 saturated carbocycles. The number of aromatic amines is 1. The number of H-pyrrole nitrogens is 1. The normalized spacial score (nSPS) is 10.2. The number of carbonyl (C=O) groups is 1. The first-order valence-electron chi connectivity index (χ1n) is 5.83. The maximum atomic E-state index is 13.4. The summed E-state index contributed by atoms with van der Waals surface area (Å²) >= 11 is 0. The molecule has 2 N–H and O–H groups in total. The summed E-state index contributed by atoms with van der Waals surface area (Å²) in [5, 5.41) is 12.8. The van der Waals surface area contributed by atoms with Crippen molar-refractivity contribution in [3.8, 4) is 0 Å². The van der Waals surface area contributed by atoms with Gasteiger partial charge < -0.3 is 10.3 Å². The minimum Gasteiger partial charge on any atom is -0.364 e. The number of rotatable bonds is 3. The highest BCUT2D eigenvalue weighted by Gasteiger charge is 2.16. The Kier molecular flexibility index (Phi) is 3.79. The quantitative estimate of drug-likeness (QED) is 0.666. The zero-order valence-electron chi connectivity index (χ0n) is 10.8. The molecule has 108 valence electrons. The van der Waals surface area contributed by atoms with Crippen molar-refractivity contribution >= 4 is 17.3 Å². The van der Waals surface area contributed by atoms with Gasteiger partial charge in [0.25, 0.3) is 5.91 Å². The van der Waals surface area contributed by atoms with Crippen molar-refractivity contribution in [2.45, 2.75) is 6.92 Å². The van der Waals surface area contributed by atoms with Crippen LogP contribution in [0, 0.1) is 22.9 Å². The number of anilines is 1. The molecule has 0 aliphatic carbocycles. The van der Waals surface area contributed by atoms with Crippen LogP contribution in [-0.4, -0.2) is 15.8 Å².